The third-order valence-electron chi connectivity index (χ3n) is 15.2. The predicted octanol–water partition coefficient (Wildman–Crippen LogP) is 0.571. The first kappa shape index (κ1) is 69.0. The fourth-order valence-corrected chi connectivity index (χ4v) is 13.8. The standard InChI is InChI=1S/C36H43N11O11S.C20H28N4O5S2/c1-18(3-10-26(49)38-2)45-46-27(50)11-12-47-28(51)14-25(33(47)54)59-17-20(34(55)56)13-23(48)8-9-24(35(57)58)42-31(52)19-4-6-21(7-5-19)39-15-22-16-40-30-29(41-22)32(53)44-36(37)43-30;1-4-6-30-31-7-5-22-14-10(2)16(25)15-13(17(14)26)11(9-29-19(21)27)20(28-3)18-12(23-18)8-24(15)20/h4-7,16,20,24-25,39H,3,8-15,17H2,1-2H3,(H,38,49)(H,42,52)(H,46,50)(H,55,56)(H,57,58)(H3,37,40,43,44,53);11-12,18,22-23H,4-9H2,1-3H3,(H2,21,27)/b45-18+;/t20-,24-,25?;11?,12?,18?,20-/m01/s1. The Labute approximate surface area is 527 Å². The van der Waals surface area contributed by atoms with Crippen molar-refractivity contribution in [2.24, 2.45) is 22.7 Å². The van der Waals surface area contributed by atoms with E-state index in [1.54, 1.807) is 54.7 Å². The number of likely N-dealkylation sites (tertiary alicyclic amines) is 1. The summed E-state index contributed by atoms with van der Waals surface area (Å²) in [7, 11) is 6.59. The van der Waals surface area contributed by atoms with Gasteiger partial charge in [0, 0.05) is 117 Å². The monoisotopic (exact) mass is 1310 g/mol. The van der Waals surface area contributed by atoms with Gasteiger partial charge in [0.25, 0.3) is 11.5 Å². The van der Waals surface area contributed by atoms with Crippen LogP contribution in [0.25, 0.3) is 11.2 Å². The first-order valence-electron chi connectivity index (χ1n) is 28.6. The highest BCUT2D eigenvalue weighted by Crippen LogP contribution is 2.55. The number of thioether (sulfide) groups is 1. The van der Waals surface area contributed by atoms with Gasteiger partial charge in [0.1, 0.15) is 18.4 Å². The summed E-state index contributed by atoms with van der Waals surface area (Å²) in [5.74, 6) is -6.62. The van der Waals surface area contributed by atoms with E-state index in [-0.39, 0.29) is 110 Å². The molecule has 4 aliphatic heterocycles. The molecule has 31 nitrogen and oxygen atoms in total. The zero-order valence-electron chi connectivity index (χ0n) is 49.8. The molecular weight excluding hydrogens is 1230 g/mol. The molecule has 3 aromatic rings. The van der Waals surface area contributed by atoms with E-state index < -0.39 is 88.3 Å². The number of aromatic nitrogens is 4. The van der Waals surface area contributed by atoms with Gasteiger partial charge < -0.3 is 62.6 Å². The van der Waals surface area contributed by atoms with Gasteiger partial charge in [-0.3, -0.25) is 57.8 Å². The van der Waals surface area contributed by atoms with Gasteiger partial charge in [-0.1, -0.05) is 28.5 Å². The molecule has 7 atom stereocenters. The van der Waals surface area contributed by atoms with Crippen LogP contribution in [0.4, 0.5) is 16.4 Å². The molecule has 1 aliphatic carbocycles. The van der Waals surface area contributed by atoms with Crippen molar-refractivity contribution in [1.29, 1.82) is 0 Å². The number of hydrogen-bond acceptors (Lipinski definition) is 26. The van der Waals surface area contributed by atoms with Crippen molar-refractivity contribution in [1.82, 2.24) is 56.4 Å². The lowest BCUT2D eigenvalue weighted by Crippen LogP contribution is -2.55. The van der Waals surface area contributed by atoms with E-state index in [1.165, 1.54) is 25.4 Å². The molecule has 13 N–H and O–H groups in total. The number of anilines is 2. The molecule has 3 saturated heterocycles. The summed E-state index contributed by atoms with van der Waals surface area (Å²) in [5.41, 5.74) is 14.7. The number of amides is 6. The van der Waals surface area contributed by atoms with Crippen molar-refractivity contribution >= 4 is 127 Å². The molecule has 6 amide bonds. The average molecular weight is 1310 g/mol. The number of rotatable bonds is 32. The Balaban J connectivity index is 0.000000309. The Morgan fingerprint density at radius 2 is 1.68 bits per heavy atom. The number of nitrogens with zero attached hydrogens (tertiary/aromatic N) is 6. The molecule has 0 bridgehead atoms. The van der Waals surface area contributed by atoms with Crippen molar-refractivity contribution in [3.05, 3.63) is 74.6 Å². The summed E-state index contributed by atoms with van der Waals surface area (Å²) in [6, 6.07) is 4.66. The topological polar surface area (TPSA) is 471 Å². The van der Waals surface area contributed by atoms with Crippen LogP contribution in [0.15, 0.2) is 62.9 Å². The van der Waals surface area contributed by atoms with E-state index in [2.05, 4.69) is 64.0 Å². The lowest BCUT2D eigenvalue weighted by Gasteiger charge is -2.39. The number of benzene rings is 1. The third-order valence-corrected chi connectivity index (χ3v) is 19.1. The highest BCUT2D eigenvalue weighted by atomic mass is 33.1. The van der Waals surface area contributed by atoms with Crippen molar-refractivity contribution < 1.29 is 72.4 Å². The highest BCUT2D eigenvalue weighted by molar-refractivity contribution is 8.76. The number of primary amides is 1. The summed E-state index contributed by atoms with van der Waals surface area (Å²) in [5, 5.41) is 36.9. The number of nitrogen functional groups attached to an aromatic ring is 1. The van der Waals surface area contributed by atoms with Crippen LogP contribution in [0.5, 0.6) is 0 Å². The van der Waals surface area contributed by atoms with Crippen LogP contribution in [0.3, 0.4) is 0 Å². The number of nitrogens with one attached hydrogen (secondary N) is 7. The molecule has 2 aromatic heterocycles. The van der Waals surface area contributed by atoms with Gasteiger partial charge in [0.15, 0.2) is 16.9 Å². The second kappa shape index (κ2) is 31.3. The van der Waals surface area contributed by atoms with Gasteiger partial charge in [-0.05, 0) is 57.4 Å². The zero-order chi connectivity index (χ0) is 65.6. The number of allylic oxidation sites excluding steroid dienone is 2. The smallest absolute Gasteiger partial charge is 0.404 e. The van der Waals surface area contributed by atoms with Crippen LogP contribution in [0.1, 0.15) is 88.2 Å². The Morgan fingerprint density at radius 3 is 2.36 bits per heavy atom. The Bertz CT molecular complexity index is 3470. The zero-order valence-corrected chi connectivity index (χ0v) is 52.3. The second-order valence-corrected chi connectivity index (χ2v) is 25.2. The molecule has 90 heavy (non-hydrogen) atoms. The van der Waals surface area contributed by atoms with Crippen molar-refractivity contribution in [3.8, 4) is 0 Å². The number of nitrogens with two attached hydrogens (primary N) is 2. The number of aliphatic carboxylic acids is 2. The molecule has 484 valence electrons. The van der Waals surface area contributed by atoms with E-state index in [9.17, 15) is 67.7 Å². The van der Waals surface area contributed by atoms with E-state index in [0.717, 1.165) is 34.6 Å². The Morgan fingerprint density at radius 1 is 0.944 bits per heavy atom. The quantitative estimate of drug-likeness (QED) is 0.00774. The lowest BCUT2D eigenvalue weighted by molar-refractivity contribution is -0.143. The number of Topliss-reactive ketones (excluding diaryl/α,β-unsaturated/α-hetero) is 3. The number of piperazine rings is 1. The Kier molecular flexibility index (Phi) is 24.0. The average Bonchev–Trinajstić information content (AvgIpc) is 1.50. The van der Waals surface area contributed by atoms with Crippen LogP contribution in [-0.4, -0.2) is 197 Å². The van der Waals surface area contributed by atoms with E-state index in [4.69, 9.17) is 20.9 Å². The molecule has 0 radical (unpaired) electrons. The number of carboxylic acids is 2. The number of methoxy groups -OCH3 is 1. The van der Waals surface area contributed by atoms with Crippen molar-refractivity contribution in [2.45, 2.75) is 108 Å². The number of hydrogen-bond donors (Lipinski definition) is 11. The maximum absolute atomic E-state index is 13.6. The fourth-order valence-electron chi connectivity index (χ4n) is 10.5. The maximum atomic E-state index is 13.6. The molecule has 5 aliphatic rings. The fraction of sp³-hybridized carbons (Fsp3) is 0.500. The number of ketones is 3. The van der Waals surface area contributed by atoms with Crippen LogP contribution in [-0.2, 0) is 59.2 Å². The molecule has 3 fully saturated rings. The van der Waals surface area contributed by atoms with Gasteiger partial charge in [0.05, 0.1) is 53.0 Å². The first-order chi connectivity index (χ1) is 42.9. The van der Waals surface area contributed by atoms with Gasteiger partial charge in [0.2, 0.25) is 41.1 Å². The highest BCUT2D eigenvalue weighted by Gasteiger charge is 2.72. The molecule has 6 heterocycles. The number of hydrazone groups is 1. The van der Waals surface area contributed by atoms with Crippen molar-refractivity contribution in [2.75, 3.05) is 68.7 Å². The molecule has 34 heteroatoms. The summed E-state index contributed by atoms with van der Waals surface area (Å²) in [4.78, 5) is 166. The predicted molar refractivity (Wildman–Crippen MR) is 331 cm³/mol. The Hall–Kier alpha value is -8.47. The molecule has 1 aromatic carbocycles. The first-order valence-corrected chi connectivity index (χ1v) is 32.1. The van der Waals surface area contributed by atoms with Gasteiger partial charge in [-0.15, -0.1) is 11.8 Å². The summed E-state index contributed by atoms with van der Waals surface area (Å²) in [6.45, 7) is 6.39. The largest absolute Gasteiger partial charge is 0.481 e. The van der Waals surface area contributed by atoms with E-state index in [1.807, 2.05) is 4.90 Å². The number of imide groups is 1. The molecular formula is C56H71N15O16S3. The van der Waals surface area contributed by atoms with Crippen LogP contribution >= 0.6 is 33.3 Å². The number of H-pyrrole nitrogens is 1. The van der Waals surface area contributed by atoms with Gasteiger partial charge >= 0.3 is 18.0 Å². The minimum Gasteiger partial charge on any atom is -0.481 e. The van der Waals surface area contributed by atoms with Crippen LogP contribution in [0.2, 0.25) is 0 Å². The van der Waals surface area contributed by atoms with Crippen molar-refractivity contribution in [3.63, 3.8) is 0 Å². The number of aromatic amines is 1. The minimum atomic E-state index is -1.47. The third kappa shape index (κ3) is 16.9. The van der Waals surface area contributed by atoms with Gasteiger partial charge in [-0.2, -0.15) is 10.1 Å². The maximum Gasteiger partial charge on any atom is 0.404 e. The summed E-state index contributed by atoms with van der Waals surface area (Å²) < 4.78 is 11.1. The summed E-state index contributed by atoms with van der Waals surface area (Å²) in [6.07, 6.45) is 0.486. The minimum absolute atomic E-state index is 0.0116. The lowest BCUT2D eigenvalue weighted by atomic mass is 9.82. The normalized spacial score (nSPS) is 20.6. The van der Waals surface area contributed by atoms with E-state index in [0.29, 0.717) is 59.1 Å². The molecule has 4 unspecified atom stereocenters. The van der Waals surface area contributed by atoms with E-state index >= 15 is 0 Å². The van der Waals surface area contributed by atoms with Gasteiger partial charge in [-0.25, -0.2) is 25.0 Å². The van der Waals surface area contributed by atoms with Crippen LogP contribution in [0, 0.1) is 11.8 Å². The number of carboxylic acid groups (broad SMARTS) is 2. The number of fused-ring (bicyclic) bond motifs is 5. The number of ether oxygens (including phenoxy) is 2. The molecule has 8 rings (SSSR count). The SMILES string of the molecule is CCCSSCCNC1=C(C)C(=O)C2=C(C1=O)C(COC(N)=O)[C@@]1(OC)C3NC3CN21.CNC(=O)CC/C(C)=N/NC(=O)CCN1C(=O)CC(SC[C@H](CC(=O)CC[C@H](NC(=O)c2ccc(NCc3cnc4nc(N)[nH]c(=O)c4n3)cc2)C(=O)O)C(=O)O)C1=O. The summed E-state index contributed by atoms with van der Waals surface area (Å²) >= 11 is 0.895. The van der Waals surface area contributed by atoms with Crippen LogP contribution < -0.4 is 49.0 Å². The number of carbonyl (C=O) groups excluding carboxylic acids is 9. The number of carbonyl (C=O) groups is 11. The second-order valence-electron chi connectivity index (χ2n) is 21.3. The molecule has 0 saturated carbocycles. The molecule has 0 spiro atoms.